The van der Waals surface area contributed by atoms with Crippen LogP contribution in [-0.4, -0.2) is 59.6 Å². The molecule has 2 unspecified atom stereocenters. The number of aromatic carboxylic acids is 1. The second-order valence-corrected chi connectivity index (χ2v) is 12.9. The lowest BCUT2D eigenvalue weighted by Crippen LogP contribution is -2.26. The van der Waals surface area contributed by atoms with E-state index in [2.05, 4.69) is 17.0 Å². The molecule has 0 heterocycles. The minimum atomic E-state index is -3.77. The van der Waals surface area contributed by atoms with Crippen molar-refractivity contribution in [2.24, 2.45) is 0 Å². The van der Waals surface area contributed by atoms with Gasteiger partial charge >= 0.3 is 5.97 Å². The van der Waals surface area contributed by atoms with E-state index in [9.17, 15) is 33.3 Å². The second kappa shape index (κ2) is 19.0. The molecule has 9 nitrogen and oxygen atoms in total. The summed E-state index contributed by atoms with van der Waals surface area (Å²) in [7, 11) is -3.77. The molecule has 0 aromatic heterocycles. The fourth-order valence-corrected chi connectivity index (χ4v) is 4.95. The van der Waals surface area contributed by atoms with Crippen molar-refractivity contribution in [2.75, 3.05) is 11.3 Å². The van der Waals surface area contributed by atoms with Gasteiger partial charge in [-0.1, -0.05) is 77.6 Å². The van der Waals surface area contributed by atoms with Gasteiger partial charge in [-0.2, -0.15) is 0 Å². The van der Waals surface area contributed by atoms with Crippen molar-refractivity contribution in [3.8, 4) is 0 Å². The smallest absolute Gasteiger partial charge is 0.337 e. The Kier molecular flexibility index (Phi) is 17.0. The molecular formula is C29H50N2O7S. The second-order valence-electron chi connectivity index (χ2n) is 10.6. The summed E-state index contributed by atoms with van der Waals surface area (Å²) in [5, 5.41) is 31.7. The van der Waals surface area contributed by atoms with Gasteiger partial charge in [0.05, 0.1) is 28.7 Å². The van der Waals surface area contributed by atoms with Crippen LogP contribution in [0, 0.1) is 0 Å². The zero-order valence-corrected chi connectivity index (χ0v) is 24.8. The average molecular weight is 571 g/mol. The number of carboxylic acid groups (broad SMARTS) is 1. The minimum absolute atomic E-state index is 0.135. The normalized spacial score (nSPS) is 13.3. The molecule has 0 spiro atoms. The van der Waals surface area contributed by atoms with Gasteiger partial charge in [-0.25, -0.2) is 13.2 Å². The summed E-state index contributed by atoms with van der Waals surface area (Å²) >= 11 is 0. The molecule has 224 valence electrons. The molecule has 0 fully saturated rings. The summed E-state index contributed by atoms with van der Waals surface area (Å²) in [4.78, 5) is 24.0. The number of hydrogen-bond acceptors (Lipinski definition) is 6. The van der Waals surface area contributed by atoms with Crippen LogP contribution in [0.3, 0.4) is 0 Å². The maximum Gasteiger partial charge on any atom is 0.337 e. The number of aliphatic hydroxyl groups is 2. The molecular weight excluding hydrogens is 520 g/mol. The Balaban J connectivity index is 2.27. The summed E-state index contributed by atoms with van der Waals surface area (Å²) in [5.41, 5.74) is -0.182. The van der Waals surface area contributed by atoms with Gasteiger partial charge in [-0.3, -0.25) is 9.52 Å². The Hall–Kier alpha value is -2.17. The van der Waals surface area contributed by atoms with Crippen molar-refractivity contribution in [1.82, 2.24) is 5.32 Å². The molecule has 1 aromatic carbocycles. The van der Waals surface area contributed by atoms with E-state index >= 15 is 0 Å². The average Bonchev–Trinajstić information content (AvgIpc) is 2.88. The van der Waals surface area contributed by atoms with Gasteiger partial charge in [0, 0.05) is 12.1 Å². The molecule has 39 heavy (non-hydrogen) atoms. The third kappa shape index (κ3) is 14.2. The molecule has 0 aliphatic heterocycles. The topological polar surface area (TPSA) is 153 Å². The first-order valence-electron chi connectivity index (χ1n) is 14.5. The van der Waals surface area contributed by atoms with E-state index in [-0.39, 0.29) is 16.8 Å². The monoisotopic (exact) mass is 570 g/mol. The SMILES string of the molecule is CCCCCCCCC(O)C(O)CCCCCCCCNC(=O)c1ccc(C(=O)O)c(NS(=O)(=O)C(C)C)c1. The Labute approximate surface area is 234 Å². The molecule has 0 aliphatic carbocycles. The molecule has 0 radical (unpaired) electrons. The van der Waals surface area contributed by atoms with Crippen LogP contribution < -0.4 is 10.0 Å². The molecule has 0 aliphatic rings. The lowest BCUT2D eigenvalue weighted by atomic mass is 9.99. The van der Waals surface area contributed by atoms with E-state index in [1.807, 2.05) is 0 Å². The number of rotatable bonds is 22. The summed E-state index contributed by atoms with van der Waals surface area (Å²) < 4.78 is 26.7. The van der Waals surface area contributed by atoms with Gasteiger partial charge in [-0.05, 0) is 51.3 Å². The number of aliphatic hydroxyl groups excluding tert-OH is 2. The van der Waals surface area contributed by atoms with Crippen LogP contribution in [-0.2, 0) is 10.0 Å². The van der Waals surface area contributed by atoms with Gasteiger partial charge < -0.3 is 20.6 Å². The van der Waals surface area contributed by atoms with Crippen LogP contribution in [0.4, 0.5) is 5.69 Å². The van der Waals surface area contributed by atoms with Crippen molar-refractivity contribution in [3.63, 3.8) is 0 Å². The Morgan fingerprint density at radius 1 is 0.821 bits per heavy atom. The van der Waals surface area contributed by atoms with Crippen molar-refractivity contribution in [3.05, 3.63) is 29.3 Å². The highest BCUT2D eigenvalue weighted by molar-refractivity contribution is 7.93. The van der Waals surface area contributed by atoms with Crippen molar-refractivity contribution >= 4 is 27.6 Å². The summed E-state index contributed by atoms with van der Waals surface area (Å²) in [5.74, 6) is -1.69. The van der Waals surface area contributed by atoms with E-state index in [0.29, 0.717) is 19.4 Å². The standard InChI is InChI=1S/C29H50N2O7S/c1-4-5-6-7-10-13-16-26(32)27(33)17-14-11-8-9-12-15-20-30-28(34)23-18-19-24(29(35)36)25(21-23)31-39(37,38)22(2)3/h18-19,21-22,26-27,31-33H,4-17,20H2,1-3H3,(H,30,34)(H,35,36). The van der Waals surface area contributed by atoms with Crippen molar-refractivity contribution < 1.29 is 33.3 Å². The van der Waals surface area contributed by atoms with Gasteiger partial charge in [-0.15, -0.1) is 0 Å². The molecule has 5 N–H and O–H groups in total. The number of unbranched alkanes of at least 4 members (excludes halogenated alkanes) is 10. The van der Waals surface area contributed by atoms with Gasteiger partial charge in [0.1, 0.15) is 0 Å². The largest absolute Gasteiger partial charge is 0.478 e. The number of benzene rings is 1. The van der Waals surface area contributed by atoms with E-state index in [4.69, 9.17) is 0 Å². The Morgan fingerprint density at radius 2 is 1.33 bits per heavy atom. The van der Waals surface area contributed by atoms with Gasteiger partial charge in [0.15, 0.2) is 0 Å². The number of anilines is 1. The van der Waals surface area contributed by atoms with Crippen molar-refractivity contribution in [1.29, 1.82) is 0 Å². The number of carbonyl (C=O) groups is 2. The molecule has 0 saturated heterocycles. The first-order chi connectivity index (χ1) is 18.5. The summed E-state index contributed by atoms with van der Waals surface area (Å²) in [6.07, 6.45) is 12.6. The fraction of sp³-hybridized carbons (Fsp3) is 0.724. The van der Waals surface area contributed by atoms with E-state index in [1.54, 1.807) is 0 Å². The maximum absolute atomic E-state index is 12.5. The number of nitrogens with one attached hydrogen (secondary N) is 2. The first kappa shape index (κ1) is 34.9. The minimum Gasteiger partial charge on any atom is -0.478 e. The number of sulfonamides is 1. The fourth-order valence-electron chi connectivity index (χ4n) is 4.24. The third-order valence-electron chi connectivity index (χ3n) is 6.89. The number of hydrogen-bond donors (Lipinski definition) is 5. The number of amides is 1. The van der Waals surface area contributed by atoms with Crippen LogP contribution in [0.25, 0.3) is 0 Å². The molecule has 10 heteroatoms. The van der Waals surface area contributed by atoms with Crippen molar-refractivity contribution in [2.45, 2.75) is 128 Å². The van der Waals surface area contributed by atoms with Crippen LogP contribution in [0.1, 0.15) is 131 Å². The lowest BCUT2D eigenvalue weighted by Gasteiger charge is -2.17. The highest BCUT2D eigenvalue weighted by atomic mass is 32.2. The summed E-state index contributed by atoms with van der Waals surface area (Å²) in [6.45, 7) is 5.60. The Bertz CT molecular complexity index is 966. The zero-order valence-electron chi connectivity index (χ0n) is 24.0. The van der Waals surface area contributed by atoms with E-state index in [1.165, 1.54) is 57.7 Å². The van der Waals surface area contributed by atoms with Gasteiger partial charge in [0.25, 0.3) is 5.91 Å². The number of carbonyl (C=O) groups excluding carboxylic acids is 1. The maximum atomic E-state index is 12.5. The molecule has 0 bridgehead atoms. The third-order valence-corrected chi connectivity index (χ3v) is 8.64. The summed E-state index contributed by atoms with van der Waals surface area (Å²) in [6, 6.07) is 3.84. The predicted octanol–water partition coefficient (Wildman–Crippen LogP) is 5.47. The first-order valence-corrected chi connectivity index (χ1v) is 16.1. The van der Waals surface area contributed by atoms with Gasteiger partial charge in [0.2, 0.25) is 10.0 Å². The van der Waals surface area contributed by atoms with E-state index in [0.717, 1.165) is 51.4 Å². The zero-order chi connectivity index (χ0) is 29.3. The molecule has 1 aromatic rings. The van der Waals surface area contributed by atoms with Crippen LogP contribution in [0.2, 0.25) is 0 Å². The molecule has 0 saturated carbocycles. The van der Waals surface area contributed by atoms with Crippen LogP contribution in [0.15, 0.2) is 18.2 Å². The molecule has 1 amide bonds. The quantitative estimate of drug-likeness (QED) is 0.116. The van der Waals surface area contributed by atoms with E-state index < -0.39 is 39.4 Å². The molecule has 2 atom stereocenters. The number of carboxylic acids is 1. The highest BCUT2D eigenvalue weighted by Crippen LogP contribution is 2.21. The van der Waals surface area contributed by atoms with Crippen LogP contribution >= 0.6 is 0 Å². The highest BCUT2D eigenvalue weighted by Gasteiger charge is 2.21. The molecule has 1 rings (SSSR count). The van der Waals surface area contributed by atoms with Crippen LogP contribution in [0.5, 0.6) is 0 Å². The predicted molar refractivity (Wildman–Crippen MR) is 156 cm³/mol. The Morgan fingerprint density at radius 3 is 1.85 bits per heavy atom. The lowest BCUT2D eigenvalue weighted by molar-refractivity contribution is 0.00712.